The molecule has 0 amide bonds. The maximum Gasteiger partial charge on any atom is 0.240 e. The number of benzene rings is 2. The molecule has 0 spiro atoms. The van der Waals surface area contributed by atoms with Crippen LogP contribution in [0.4, 0.5) is 0 Å². The summed E-state index contributed by atoms with van der Waals surface area (Å²) in [6, 6.07) is 9.87. The van der Waals surface area contributed by atoms with E-state index in [0.29, 0.717) is 29.4 Å². The Labute approximate surface area is 153 Å². The Morgan fingerprint density at radius 2 is 1.50 bits per heavy atom. The van der Waals surface area contributed by atoms with Gasteiger partial charge in [0.05, 0.1) is 33.3 Å². The number of hydrogen-bond donors (Lipinski definition) is 1. The lowest BCUT2D eigenvalue weighted by atomic mass is 10.1. The minimum Gasteiger partial charge on any atom is -0.497 e. The predicted octanol–water partition coefficient (Wildman–Crippen LogP) is 2.24. The van der Waals surface area contributed by atoms with Crippen LogP contribution in [0.25, 0.3) is 0 Å². The fourth-order valence-electron chi connectivity index (χ4n) is 2.45. The third-order valence-corrected chi connectivity index (χ3v) is 5.30. The lowest BCUT2D eigenvalue weighted by Gasteiger charge is -2.12. The molecular formula is C18H23NO6S. The van der Waals surface area contributed by atoms with Gasteiger partial charge in [0.2, 0.25) is 10.0 Å². The molecule has 0 atom stereocenters. The van der Waals surface area contributed by atoms with E-state index >= 15 is 0 Å². The number of rotatable bonds is 9. The topological polar surface area (TPSA) is 83.1 Å². The average Bonchev–Trinajstić information content (AvgIpc) is 2.67. The number of nitrogens with one attached hydrogen (secondary N) is 1. The second-order valence-electron chi connectivity index (χ2n) is 5.34. The van der Waals surface area contributed by atoms with E-state index in [1.807, 2.05) is 6.07 Å². The quantitative estimate of drug-likeness (QED) is 0.717. The molecular weight excluding hydrogens is 358 g/mol. The SMILES string of the molecule is COc1ccc(CCNS(=O)(=O)c2ccc(OC)c(OC)c2)c(OC)c1. The van der Waals surface area contributed by atoms with Crippen molar-refractivity contribution in [2.24, 2.45) is 0 Å². The highest BCUT2D eigenvalue weighted by Crippen LogP contribution is 2.29. The first kappa shape index (κ1) is 19.9. The zero-order valence-electron chi connectivity index (χ0n) is 15.2. The normalized spacial score (nSPS) is 11.1. The second kappa shape index (κ2) is 8.77. The molecule has 0 aliphatic rings. The summed E-state index contributed by atoms with van der Waals surface area (Å²) in [4.78, 5) is 0.108. The van der Waals surface area contributed by atoms with Crippen LogP contribution in [0.3, 0.4) is 0 Å². The second-order valence-corrected chi connectivity index (χ2v) is 7.11. The van der Waals surface area contributed by atoms with E-state index in [1.54, 1.807) is 32.4 Å². The summed E-state index contributed by atoms with van der Waals surface area (Å²) in [6.45, 7) is 0.222. The maximum atomic E-state index is 12.5. The van der Waals surface area contributed by atoms with Crippen LogP contribution < -0.4 is 23.7 Å². The Morgan fingerprint density at radius 1 is 0.808 bits per heavy atom. The Bertz CT molecular complexity index is 851. The van der Waals surface area contributed by atoms with E-state index in [2.05, 4.69) is 4.72 Å². The zero-order chi connectivity index (χ0) is 19.2. The summed E-state index contributed by atoms with van der Waals surface area (Å²) < 4.78 is 48.3. The lowest BCUT2D eigenvalue weighted by Crippen LogP contribution is -2.26. The summed E-state index contributed by atoms with van der Waals surface area (Å²) in [5, 5.41) is 0. The van der Waals surface area contributed by atoms with Gasteiger partial charge in [-0.2, -0.15) is 0 Å². The Morgan fingerprint density at radius 3 is 2.12 bits per heavy atom. The molecule has 2 rings (SSSR count). The number of sulfonamides is 1. The van der Waals surface area contributed by atoms with Gasteiger partial charge >= 0.3 is 0 Å². The molecule has 7 nitrogen and oxygen atoms in total. The Hall–Kier alpha value is -2.45. The van der Waals surface area contributed by atoms with Crippen molar-refractivity contribution in [3.05, 3.63) is 42.0 Å². The van der Waals surface area contributed by atoms with E-state index in [1.165, 1.54) is 26.4 Å². The van der Waals surface area contributed by atoms with Gasteiger partial charge in [-0.1, -0.05) is 6.07 Å². The van der Waals surface area contributed by atoms with E-state index in [-0.39, 0.29) is 11.4 Å². The van der Waals surface area contributed by atoms with E-state index in [4.69, 9.17) is 18.9 Å². The van der Waals surface area contributed by atoms with Crippen molar-refractivity contribution < 1.29 is 27.4 Å². The fraction of sp³-hybridized carbons (Fsp3) is 0.333. The van der Waals surface area contributed by atoms with Crippen molar-refractivity contribution in [3.63, 3.8) is 0 Å². The Balaban J connectivity index is 2.09. The highest BCUT2D eigenvalue weighted by atomic mass is 32.2. The first-order valence-electron chi connectivity index (χ1n) is 7.87. The van der Waals surface area contributed by atoms with Crippen molar-refractivity contribution >= 4 is 10.0 Å². The van der Waals surface area contributed by atoms with Gasteiger partial charge in [0.15, 0.2) is 11.5 Å². The molecule has 0 aromatic heterocycles. The van der Waals surface area contributed by atoms with Gasteiger partial charge in [-0.05, 0) is 30.2 Å². The predicted molar refractivity (Wildman–Crippen MR) is 98.0 cm³/mol. The molecule has 142 valence electrons. The molecule has 26 heavy (non-hydrogen) atoms. The highest BCUT2D eigenvalue weighted by molar-refractivity contribution is 7.89. The first-order chi connectivity index (χ1) is 12.4. The van der Waals surface area contributed by atoms with Gasteiger partial charge in [-0.15, -0.1) is 0 Å². The molecule has 0 saturated carbocycles. The van der Waals surface area contributed by atoms with Crippen molar-refractivity contribution in [1.82, 2.24) is 4.72 Å². The molecule has 0 heterocycles. The van der Waals surface area contributed by atoms with Crippen molar-refractivity contribution in [1.29, 1.82) is 0 Å². The van der Waals surface area contributed by atoms with Crippen LogP contribution in [0.1, 0.15) is 5.56 Å². The van der Waals surface area contributed by atoms with Crippen LogP contribution >= 0.6 is 0 Å². The first-order valence-corrected chi connectivity index (χ1v) is 9.36. The van der Waals surface area contributed by atoms with Crippen molar-refractivity contribution in [2.45, 2.75) is 11.3 Å². The standard InChI is InChI=1S/C18H23NO6S/c1-22-14-6-5-13(17(11-14)24-3)9-10-19-26(20,21)15-7-8-16(23-2)18(12-15)25-4/h5-8,11-12,19H,9-10H2,1-4H3. The van der Waals surface area contributed by atoms with Gasteiger partial charge < -0.3 is 18.9 Å². The molecule has 2 aromatic rings. The molecule has 0 aliphatic carbocycles. The summed E-state index contributed by atoms with van der Waals surface area (Å²) in [7, 11) is 2.41. The van der Waals surface area contributed by atoms with E-state index < -0.39 is 10.0 Å². The average molecular weight is 381 g/mol. The summed E-state index contributed by atoms with van der Waals surface area (Å²) >= 11 is 0. The minimum atomic E-state index is -3.67. The van der Waals surface area contributed by atoms with Crippen molar-refractivity contribution in [3.8, 4) is 23.0 Å². The van der Waals surface area contributed by atoms with Crippen LogP contribution in [-0.2, 0) is 16.4 Å². The minimum absolute atomic E-state index is 0.108. The number of methoxy groups -OCH3 is 4. The Kier molecular flexibility index (Phi) is 6.70. The summed E-state index contributed by atoms with van der Waals surface area (Å²) in [5.41, 5.74) is 0.878. The molecule has 8 heteroatoms. The van der Waals surface area contributed by atoms with Gasteiger partial charge in [-0.25, -0.2) is 13.1 Å². The maximum absolute atomic E-state index is 12.5. The van der Waals surface area contributed by atoms with Gasteiger partial charge in [0.25, 0.3) is 0 Å². The highest BCUT2D eigenvalue weighted by Gasteiger charge is 2.17. The largest absolute Gasteiger partial charge is 0.497 e. The third kappa shape index (κ3) is 4.59. The molecule has 0 radical (unpaired) electrons. The van der Waals surface area contributed by atoms with Crippen LogP contribution in [0.15, 0.2) is 41.3 Å². The molecule has 0 saturated heterocycles. The summed E-state index contributed by atoms with van der Waals surface area (Å²) in [5.74, 6) is 2.15. The molecule has 0 bridgehead atoms. The van der Waals surface area contributed by atoms with E-state index in [0.717, 1.165) is 5.56 Å². The monoisotopic (exact) mass is 381 g/mol. The molecule has 1 N–H and O–H groups in total. The summed E-state index contributed by atoms with van der Waals surface area (Å²) in [6.07, 6.45) is 0.472. The molecule has 0 unspecified atom stereocenters. The zero-order valence-corrected chi connectivity index (χ0v) is 16.1. The van der Waals surface area contributed by atoms with Crippen LogP contribution in [-0.4, -0.2) is 43.4 Å². The van der Waals surface area contributed by atoms with Gasteiger partial charge in [0, 0.05) is 18.7 Å². The van der Waals surface area contributed by atoms with Crippen molar-refractivity contribution in [2.75, 3.05) is 35.0 Å². The smallest absolute Gasteiger partial charge is 0.240 e. The fourth-order valence-corrected chi connectivity index (χ4v) is 3.49. The molecule has 0 aliphatic heterocycles. The third-order valence-electron chi connectivity index (χ3n) is 3.85. The van der Waals surface area contributed by atoms with E-state index in [9.17, 15) is 8.42 Å². The van der Waals surface area contributed by atoms with Crippen LogP contribution in [0.5, 0.6) is 23.0 Å². The van der Waals surface area contributed by atoms with Gasteiger partial charge in [-0.3, -0.25) is 0 Å². The lowest BCUT2D eigenvalue weighted by molar-refractivity contribution is 0.354. The van der Waals surface area contributed by atoms with Gasteiger partial charge in [0.1, 0.15) is 11.5 Å². The number of ether oxygens (including phenoxy) is 4. The molecule has 0 fully saturated rings. The molecule has 2 aromatic carbocycles. The van der Waals surface area contributed by atoms with Crippen LogP contribution in [0.2, 0.25) is 0 Å². The number of hydrogen-bond acceptors (Lipinski definition) is 6. The van der Waals surface area contributed by atoms with Crippen LogP contribution in [0, 0.1) is 0 Å².